The number of benzene rings is 3. The van der Waals surface area contributed by atoms with Gasteiger partial charge in [-0.15, -0.1) is 0 Å². The minimum atomic E-state index is -0.605. The quantitative estimate of drug-likeness (QED) is 0.443. The summed E-state index contributed by atoms with van der Waals surface area (Å²) in [6.45, 7) is 1.15. The molecule has 4 aromatic rings. The van der Waals surface area contributed by atoms with Crippen molar-refractivity contribution >= 4 is 39.9 Å². The second kappa shape index (κ2) is 9.26. The van der Waals surface area contributed by atoms with E-state index in [-0.39, 0.29) is 18.9 Å². The zero-order chi connectivity index (χ0) is 23.5. The summed E-state index contributed by atoms with van der Waals surface area (Å²) in [5.41, 5.74) is 0.909. The van der Waals surface area contributed by atoms with Gasteiger partial charge in [-0.05, 0) is 48.9 Å². The predicted octanol–water partition coefficient (Wildman–Crippen LogP) is 3.71. The smallest absolute Gasteiger partial charge is 0.325 e. The number of hydrogen-bond acceptors (Lipinski definition) is 4. The summed E-state index contributed by atoms with van der Waals surface area (Å²) in [4.78, 5) is 50.8. The van der Waals surface area contributed by atoms with Crippen LogP contribution < -0.4 is 16.6 Å². The summed E-state index contributed by atoms with van der Waals surface area (Å²) >= 11 is 6.05. The number of carbonyl (C=O) groups excluding carboxylic acids is 2. The van der Waals surface area contributed by atoms with E-state index in [1.54, 1.807) is 72.8 Å². The van der Waals surface area contributed by atoms with Gasteiger partial charge >= 0.3 is 5.69 Å². The molecule has 4 rings (SSSR count). The molecule has 166 valence electrons. The summed E-state index contributed by atoms with van der Waals surface area (Å²) in [5.74, 6) is -0.586. The molecule has 0 atom stereocenters. The third kappa shape index (κ3) is 4.78. The minimum absolute atomic E-state index is 0.0192. The van der Waals surface area contributed by atoms with Crippen molar-refractivity contribution in [3.8, 4) is 0 Å². The maximum atomic E-state index is 13.3. The van der Waals surface area contributed by atoms with Gasteiger partial charge in [0.1, 0.15) is 6.54 Å². The van der Waals surface area contributed by atoms with Crippen molar-refractivity contribution in [2.75, 3.05) is 5.32 Å². The van der Waals surface area contributed by atoms with Gasteiger partial charge in [0, 0.05) is 16.3 Å². The Bertz CT molecular complexity index is 1500. The van der Waals surface area contributed by atoms with Crippen LogP contribution in [0.2, 0.25) is 5.02 Å². The van der Waals surface area contributed by atoms with Crippen LogP contribution in [0.25, 0.3) is 10.9 Å². The van der Waals surface area contributed by atoms with Gasteiger partial charge in [0.25, 0.3) is 5.56 Å². The first kappa shape index (κ1) is 22.2. The predicted molar refractivity (Wildman–Crippen MR) is 128 cm³/mol. The molecule has 0 unspecified atom stereocenters. The first-order valence-corrected chi connectivity index (χ1v) is 10.6. The number of ketones is 1. The number of rotatable bonds is 6. The number of anilines is 1. The van der Waals surface area contributed by atoms with Crippen LogP contribution in [0.15, 0.2) is 82.4 Å². The highest BCUT2D eigenvalue weighted by molar-refractivity contribution is 6.30. The number of nitrogens with one attached hydrogen (secondary N) is 1. The van der Waals surface area contributed by atoms with Crippen LogP contribution in [0.3, 0.4) is 0 Å². The molecule has 0 saturated carbocycles. The van der Waals surface area contributed by atoms with Gasteiger partial charge in [-0.3, -0.25) is 23.5 Å². The molecule has 1 aromatic heterocycles. The standard InChI is InChI=1S/C25H20ClN3O4/c1-16(30)18-7-5-9-20(13-18)27-23(31)15-28-22-11-3-2-10-21(22)24(32)29(25(28)33)14-17-6-4-8-19(26)12-17/h2-13H,14-15H2,1H3,(H,27,31). The number of fused-ring (bicyclic) bond motifs is 1. The van der Waals surface area contributed by atoms with Crippen molar-refractivity contribution in [2.45, 2.75) is 20.0 Å². The zero-order valence-corrected chi connectivity index (χ0v) is 18.5. The Labute approximate surface area is 193 Å². The van der Waals surface area contributed by atoms with Gasteiger partial charge in [0.2, 0.25) is 5.91 Å². The monoisotopic (exact) mass is 461 g/mol. The van der Waals surface area contributed by atoms with Crippen molar-refractivity contribution in [1.29, 1.82) is 0 Å². The lowest BCUT2D eigenvalue weighted by Gasteiger charge is -2.14. The zero-order valence-electron chi connectivity index (χ0n) is 17.7. The van der Waals surface area contributed by atoms with Gasteiger partial charge in [-0.1, -0.05) is 48.0 Å². The highest BCUT2D eigenvalue weighted by Crippen LogP contribution is 2.14. The first-order valence-electron chi connectivity index (χ1n) is 10.2. The molecule has 0 aliphatic carbocycles. The van der Waals surface area contributed by atoms with Gasteiger partial charge in [0.05, 0.1) is 17.4 Å². The van der Waals surface area contributed by atoms with Gasteiger partial charge in [0.15, 0.2) is 5.78 Å². The first-order chi connectivity index (χ1) is 15.8. The van der Waals surface area contributed by atoms with E-state index in [9.17, 15) is 19.2 Å². The Hall–Kier alpha value is -3.97. The van der Waals surface area contributed by atoms with Crippen LogP contribution in [0.1, 0.15) is 22.8 Å². The van der Waals surface area contributed by atoms with Crippen molar-refractivity contribution in [3.63, 3.8) is 0 Å². The van der Waals surface area contributed by atoms with Gasteiger partial charge in [-0.2, -0.15) is 0 Å². The Morgan fingerprint density at radius 1 is 0.909 bits per heavy atom. The second-order valence-corrected chi connectivity index (χ2v) is 8.03. The number of halogens is 1. The lowest BCUT2D eigenvalue weighted by Crippen LogP contribution is -2.42. The number of para-hydroxylation sites is 1. The average molecular weight is 462 g/mol. The number of aromatic nitrogens is 2. The number of carbonyl (C=O) groups is 2. The number of amides is 1. The molecule has 1 amide bonds. The van der Waals surface area contributed by atoms with Crippen LogP contribution in [0.4, 0.5) is 5.69 Å². The maximum Gasteiger partial charge on any atom is 0.332 e. The highest BCUT2D eigenvalue weighted by atomic mass is 35.5. The molecule has 8 heteroatoms. The van der Waals surface area contributed by atoms with Crippen molar-refractivity contribution in [2.24, 2.45) is 0 Å². The lowest BCUT2D eigenvalue weighted by atomic mass is 10.1. The summed E-state index contributed by atoms with van der Waals surface area (Å²) in [7, 11) is 0. The molecule has 0 aliphatic heterocycles. The third-order valence-corrected chi connectivity index (χ3v) is 5.45. The van der Waals surface area contributed by atoms with E-state index in [4.69, 9.17) is 11.6 Å². The topological polar surface area (TPSA) is 90.2 Å². The second-order valence-electron chi connectivity index (χ2n) is 7.59. The number of Topliss-reactive ketones (excluding diaryl/α,β-unsaturated/α-hetero) is 1. The van der Waals surface area contributed by atoms with Crippen LogP contribution in [-0.2, 0) is 17.9 Å². The molecular weight excluding hydrogens is 442 g/mol. The molecule has 0 saturated heterocycles. The fourth-order valence-electron chi connectivity index (χ4n) is 3.64. The van der Waals surface area contributed by atoms with Crippen LogP contribution in [0.5, 0.6) is 0 Å². The van der Waals surface area contributed by atoms with E-state index in [1.807, 2.05) is 0 Å². The van der Waals surface area contributed by atoms with Crippen molar-refractivity contribution in [1.82, 2.24) is 9.13 Å². The molecule has 7 nitrogen and oxygen atoms in total. The van der Waals surface area contributed by atoms with Crippen molar-refractivity contribution < 1.29 is 9.59 Å². The highest BCUT2D eigenvalue weighted by Gasteiger charge is 2.16. The summed E-state index contributed by atoms with van der Waals surface area (Å²) in [6, 6.07) is 20.1. The van der Waals surface area contributed by atoms with Gasteiger partial charge in [-0.25, -0.2) is 4.79 Å². The summed E-state index contributed by atoms with van der Waals surface area (Å²) in [5, 5.41) is 3.53. The number of hydrogen-bond donors (Lipinski definition) is 1. The normalized spacial score (nSPS) is 10.8. The van der Waals surface area contributed by atoms with E-state index in [2.05, 4.69) is 5.32 Å². The van der Waals surface area contributed by atoms with E-state index >= 15 is 0 Å². The minimum Gasteiger partial charge on any atom is -0.325 e. The molecule has 1 heterocycles. The molecule has 33 heavy (non-hydrogen) atoms. The molecule has 0 spiro atoms. The SMILES string of the molecule is CC(=O)c1cccc(NC(=O)Cn2c(=O)n(Cc3cccc(Cl)c3)c(=O)c3ccccc32)c1. The third-order valence-electron chi connectivity index (χ3n) is 5.22. The lowest BCUT2D eigenvalue weighted by molar-refractivity contribution is -0.116. The van der Waals surface area contributed by atoms with E-state index in [1.165, 1.54) is 11.5 Å². The Morgan fingerprint density at radius 3 is 2.42 bits per heavy atom. The van der Waals surface area contributed by atoms with Crippen LogP contribution in [-0.4, -0.2) is 20.8 Å². The largest absolute Gasteiger partial charge is 0.332 e. The van der Waals surface area contributed by atoms with Crippen molar-refractivity contribution in [3.05, 3.63) is 110 Å². The number of nitrogens with zero attached hydrogens (tertiary/aromatic N) is 2. The van der Waals surface area contributed by atoms with E-state index < -0.39 is 17.2 Å². The van der Waals surface area contributed by atoms with Gasteiger partial charge < -0.3 is 5.32 Å². The molecule has 0 bridgehead atoms. The summed E-state index contributed by atoms with van der Waals surface area (Å²) in [6.07, 6.45) is 0. The summed E-state index contributed by atoms with van der Waals surface area (Å²) < 4.78 is 2.36. The van der Waals surface area contributed by atoms with E-state index in [0.29, 0.717) is 32.7 Å². The fraction of sp³-hybridized carbons (Fsp3) is 0.120. The van der Waals surface area contributed by atoms with E-state index in [0.717, 1.165) is 4.57 Å². The van der Waals surface area contributed by atoms with Crippen LogP contribution >= 0.6 is 11.6 Å². The molecule has 0 aliphatic rings. The molecule has 1 N–H and O–H groups in total. The molecule has 3 aromatic carbocycles. The fourth-order valence-corrected chi connectivity index (χ4v) is 3.85. The molecule has 0 radical (unpaired) electrons. The maximum absolute atomic E-state index is 13.3. The average Bonchev–Trinajstić information content (AvgIpc) is 2.79. The Morgan fingerprint density at radius 2 is 1.67 bits per heavy atom. The Kier molecular flexibility index (Phi) is 6.24. The Balaban J connectivity index is 1.73. The molecular formula is C25H20ClN3O4. The molecule has 0 fully saturated rings. The van der Waals surface area contributed by atoms with Crippen LogP contribution in [0, 0.1) is 0 Å².